The fourth-order valence-electron chi connectivity index (χ4n) is 2.55. The molecule has 2 rings (SSSR count). The minimum atomic E-state index is -4.97. The third kappa shape index (κ3) is 7.26. The van der Waals surface area contributed by atoms with Gasteiger partial charge in [-0.2, -0.15) is 4.31 Å². The number of likely N-dealkylation sites (N-methyl/N-ethyl adjacent to an activating group) is 1. The molecule has 2 aromatic rings. The van der Waals surface area contributed by atoms with Crippen LogP contribution < -0.4 is 15.4 Å². The van der Waals surface area contributed by atoms with Crippen molar-refractivity contribution in [2.45, 2.75) is 25.1 Å². The van der Waals surface area contributed by atoms with E-state index in [-0.39, 0.29) is 12.5 Å². The average molecular weight is 459 g/mol. The molecule has 0 saturated heterocycles. The highest BCUT2D eigenvalue weighted by atomic mass is 32.2. The van der Waals surface area contributed by atoms with Gasteiger partial charge in [-0.15, -0.1) is 13.2 Å². The smallest absolute Gasteiger partial charge is 0.406 e. The van der Waals surface area contributed by atoms with Gasteiger partial charge in [-0.05, 0) is 36.4 Å². The number of rotatable bonds is 8. The lowest BCUT2D eigenvalue weighted by Crippen LogP contribution is -2.37. The number of hydrogen-bond donors (Lipinski definition) is 2. The van der Waals surface area contributed by atoms with Crippen molar-refractivity contribution >= 4 is 33.2 Å². The van der Waals surface area contributed by atoms with Crippen LogP contribution >= 0.6 is 0 Å². The maximum Gasteiger partial charge on any atom is 0.573 e. The highest BCUT2D eigenvalue weighted by molar-refractivity contribution is 7.89. The number of nitrogens with zero attached hydrogens (tertiary/aromatic N) is 1. The topological polar surface area (TPSA) is 105 Å². The molecule has 0 heterocycles. The Balaban J connectivity index is 2.11. The van der Waals surface area contributed by atoms with Gasteiger partial charge >= 0.3 is 6.36 Å². The van der Waals surface area contributed by atoms with E-state index in [4.69, 9.17) is 0 Å². The number of halogens is 3. The van der Waals surface area contributed by atoms with Gasteiger partial charge in [0.2, 0.25) is 21.8 Å². The Morgan fingerprint density at radius 1 is 1.03 bits per heavy atom. The summed E-state index contributed by atoms with van der Waals surface area (Å²) in [6.07, 6.45) is -4.97. The van der Waals surface area contributed by atoms with Crippen molar-refractivity contribution in [1.29, 1.82) is 0 Å². The highest BCUT2D eigenvalue weighted by Gasteiger charge is 2.32. The average Bonchev–Trinajstić information content (AvgIpc) is 2.66. The molecule has 0 aliphatic carbocycles. The molecule has 12 heteroatoms. The second-order valence-electron chi connectivity index (χ2n) is 6.26. The summed E-state index contributed by atoms with van der Waals surface area (Å²) in [5, 5.41) is 5.09. The minimum Gasteiger partial charge on any atom is -0.406 e. The molecule has 0 fully saturated rings. The Labute approximate surface area is 177 Å². The van der Waals surface area contributed by atoms with E-state index in [9.17, 15) is 31.2 Å². The van der Waals surface area contributed by atoms with Gasteiger partial charge in [0.1, 0.15) is 5.75 Å². The first-order chi connectivity index (χ1) is 14.4. The third-order valence-corrected chi connectivity index (χ3v) is 5.76. The first-order valence-electron chi connectivity index (χ1n) is 8.94. The molecule has 0 aliphatic heterocycles. The predicted octanol–water partition coefficient (Wildman–Crippen LogP) is 3.19. The van der Waals surface area contributed by atoms with Crippen LogP contribution in [-0.2, 0) is 19.6 Å². The quantitative estimate of drug-likeness (QED) is 0.631. The summed E-state index contributed by atoms with van der Waals surface area (Å²) < 4.78 is 67.4. The van der Waals surface area contributed by atoms with Gasteiger partial charge in [-0.3, -0.25) is 9.59 Å². The van der Waals surface area contributed by atoms with Crippen molar-refractivity contribution in [3.05, 3.63) is 48.5 Å². The number of ether oxygens (including phenoxy) is 1. The fraction of sp³-hybridized carbons (Fsp3) is 0.263. The molecule has 8 nitrogen and oxygen atoms in total. The summed E-state index contributed by atoms with van der Waals surface area (Å²) in [4.78, 5) is 22.9. The van der Waals surface area contributed by atoms with Crippen LogP contribution in [-0.4, -0.2) is 44.0 Å². The molecule has 0 aromatic heterocycles. The molecule has 168 valence electrons. The summed E-state index contributed by atoms with van der Waals surface area (Å²) >= 11 is 0. The zero-order chi connectivity index (χ0) is 23.2. The van der Waals surface area contributed by atoms with Crippen LogP contribution in [0.1, 0.15) is 13.8 Å². The van der Waals surface area contributed by atoms with Crippen LogP contribution in [0.3, 0.4) is 0 Å². The second kappa shape index (κ2) is 9.79. The number of carbonyl (C=O) groups excluding carboxylic acids is 2. The van der Waals surface area contributed by atoms with Crippen LogP contribution in [0.2, 0.25) is 0 Å². The van der Waals surface area contributed by atoms with Crippen molar-refractivity contribution in [3.8, 4) is 5.75 Å². The monoisotopic (exact) mass is 459 g/mol. The van der Waals surface area contributed by atoms with Crippen molar-refractivity contribution in [3.63, 3.8) is 0 Å². The van der Waals surface area contributed by atoms with Crippen LogP contribution in [0.15, 0.2) is 53.4 Å². The summed E-state index contributed by atoms with van der Waals surface area (Å²) in [7, 11) is -4.26. The minimum absolute atomic E-state index is 0.0957. The number of sulfonamides is 1. The highest BCUT2D eigenvalue weighted by Crippen LogP contribution is 2.26. The van der Waals surface area contributed by atoms with Crippen LogP contribution in [0.5, 0.6) is 5.75 Å². The number of anilines is 2. The maximum atomic E-state index is 12.8. The first kappa shape index (κ1) is 24.2. The maximum absolute atomic E-state index is 12.8. The molecule has 0 spiro atoms. The van der Waals surface area contributed by atoms with Gasteiger partial charge < -0.3 is 15.4 Å². The van der Waals surface area contributed by atoms with Crippen LogP contribution in [0.25, 0.3) is 0 Å². The molecule has 0 radical (unpaired) electrons. The Morgan fingerprint density at radius 3 is 2.13 bits per heavy atom. The Bertz CT molecular complexity index is 1040. The summed E-state index contributed by atoms with van der Waals surface area (Å²) in [5.41, 5.74) is 0.886. The lowest BCUT2D eigenvalue weighted by atomic mass is 10.2. The Morgan fingerprint density at radius 2 is 1.61 bits per heavy atom. The van der Waals surface area contributed by atoms with Crippen molar-refractivity contribution in [2.75, 3.05) is 23.7 Å². The molecule has 2 N–H and O–H groups in total. The van der Waals surface area contributed by atoms with Gasteiger partial charge in [0.25, 0.3) is 0 Å². The molecule has 0 aliphatic rings. The van der Waals surface area contributed by atoms with E-state index in [2.05, 4.69) is 15.4 Å². The molecule has 0 saturated carbocycles. The van der Waals surface area contributed by atoms with E-state index in [0.717, 1.165) is 28.6 Å². The summed E-state index contributed by atoms with van der Waals surface area (Å²) in [5.74, 6) is -1.60. The van der Waals surface area contributed by atoms with E-state index in [1.807, 2.05) is 0 Å². The molecule has 31 heavy (non-hydrogen) atoms. The van der Waals surface area contributed by atoms with Gasteiger partial charge in [-0.25, -0.2) is 8.42 Å². The number of amides is 2. The fourth-order valence-corrected chi connectivity index (χ4v) is 3.99. The van der Waals surface area contributed by atoms with Crippen molar-refractivity contribution in [2.24, 2.45) is 0 Å². The number of hydrogen-bond acceptors (Lipinski definition) is 5. The predicted molar refractivity (Wildman–Crippen MR) is 107 cm³/mol. The molecule has 0 bridgehead atoms. The zero-order valence-electron chi connectivity index (χ0n) is 16.6. The molecule has 2 amide bonds. The van der Waals surface area contributed by atoms with E-state index in [0.29, 0.717) is 11.4 Å². The number of nitrogens with one attached hydrogen (secondary N) is 2. The van der Waals surface area contributed by atoms with E-state index in [1.54, 1.807) is 12.1 Å². The zero-order valence-corrected chi connectivity index (χ0v) is 17.4. The first-order valence-corrected chi connectivity index (χ1v) is 10.4. The van der Waals surface area contributed by atoms with E-state index >= 15 is 0 Å². The standard InChI is InChI=1S/C19H20F3N3O5S/c1-3-25(12-18(27)24-15-9-7-14(8-10-15)23-13(2)26)31(28,29)17-6-4-5-16(11-17)30-19(20,21)22/h4-11H,3,12H2,1-2H3,(H,23,26)(H,24,27). The van der Waals surface area contributed by atoms with Gasteiger partial charge in [0.15, 0.2) is 0 Å². The van der Waals surface area contributed by atoms with E-state index in [1.165, 1.54) is 26.0 Å². The lowest BCUT2D eigenvalue weighted by molar-refractivity contribution is -0.274. The van der Waals surface area contributed by atoms with Gasteiger partial charge in [0, 0.05) is 30.9 Å². The largest absolute Gasteiger partial charge is 0.573 e. The SMILES string of the molecule is CCN(CC(=O)Nc1ccc(NC(C)=O)cc1)S(=O)(=O)c1cccc(OC(F)(F)F)c1. The van der Waals surface area contributed by atoms with Gasteiger partial charge in [-0.1, -0.05) is 13.0 Å². The lowest BCUT2D eigenvalue weighted by Gasteiger charge is -2.20. The number of alkyl halides is 3. The van der Waals surface area contributed by atoms with E-state index < -0.39 is 39.5 Å². The van der Waals surface area contributed by atoms with Crippen molar-refractivity contribution < 1.29 is 35.9 Å². The molecular weight excluding hydrogens is 439 g/mol. The normalized spacial score (nSPS) is 11.8. The summed E-state index contributed by atoms with van der Waals surface area (Å²) in [6.45, 7) is 2.18. The van der Waals surface area contributed by atoms with Gasteiger partial charge in [0.05, 0.1) is 11.4 Å². The second-order valence-corrected chi connectivity index (χ2v) is 8.20. The van der Waals surface area contributed by atoms with Crippen LogP contribution in [0.4, 0.5) is 24.5 Å². The Hall–Kier alpha value is -3.12. The summed E-state index contributed by atoms with van der Waals surface area (Å²) in [6, 6.07) is 10.1. The molecular formula is C19H20F3N3O5S. The molecule has 0 atom stereocenters. The molecule has 2 aromatic carbocycles. The van der Waals surface area contributed by atoms with Crippen molar-refractivity contribution in [1.82, 2.24) is 4.31 Å². The number of carbonyl (C=O) groups is 2. The third-order valence-electron chi connectivity index (χ3n) is 3.84. The number of benzene rings is 2. The Kier molecular flexibility index (Phi) is 7.63. The molecule has 0 unspecified atom stereocenters. The van der Waals surface area contributed by atoms with Crippen LogP contribution in [0, 0.1) is 0 Å².